The summed E-state index contributed by atoms with van der Waals surface area (Å²) in [6.45, 7) is 3.69. The first-order valence-electron chi connectivity index (χ1n) is 6.61. The molecule has 6 heteroatoms. The van der Waals surface area contributed by atoms with Gasteiger partial charge in [-0.3, -0.25) is 14.5 Å². The monoisotopic (exact) mass is 308 g/mol. The summed E-state index contributed by atoms with van der Waals surface area (Å²) in [6.07, 6.45) is 0.566. The largest absolute Gasteiger partial charge is 0.389 e. The summed E-state index contributed by atoms with van der Waals surface area (Å²) in [6, 6.07) is 4.31. The first-order valence-corrected chi connectivity index (χ1v) is 7.02. The van der Waals surface area contributed by atoms with Crippen LogP contribution in [0.3, 0.4) is 0 Å². The van der Waals surface area contributed by atoms with Gasteiger partial charge in [0, 0.05) is 24.0 Å². The summed E-state index contributed by atoms with van der Waals surface area (Å²) in [4.78, 5) is 25.3. The number of halogens is 1. The molecule has 1 aromatic carbocycles. The van der Waals surface area contributed by atoms with Crippen LogP contribution in [-0.2, 0) is 16.1 Å². The molecule has 0 radical (unpaired) electrons. The van der Waals surface area contributed by atoms with Gasteiger partial charge in [0.25, 0.3) is 0 Å². The van der Waals surface area contributed by atoms with E-state index in [-0.39, 0.29) is 47.2 Å². The van der Waals surface area contributed by atoms with Gasteiger partial charge in [0.05, 0.1) is 6.54 Å². The van der Waals surface area contributed by atoms with Crippen molar-refractivity contribution in [1.82, 2.24) is 4.90 Å². The van der Waals surface area contributed by atoms with Crippen LogP contribution < -0.4 is 5.73 Å². The molecule has 0 spiro atoms. The van der Waals surface area contributed by atoms with Crippen molar-refractivity contribution in [3.05, 3.63) is 35.1 Å². The van der Waals surface area contributed by atoms with Crippen molar-refractivity contribution in [2.24, 2.45) is 11.1 Å². The second-order valence-corrected chi connectivity index (χ2v) is 6.50. The van der Waals surface area contributed by atoms with Gasteiger partial charge in [-0.15, -0.1) is 0 Å². The summed E-state index contributed by atoms with van der Waals surface area (Å²) in [5.74, 6) is -1.06. The molecule has 1 aromatic rings. The van der Waals surface area contributed by atoms with Gasteiger partial charge in [-0.05, 0) is 11.5 Å². The van der Waals surface area contributed by atoms with Crippen molar-refractivity contribution in [2.45, 2.75) is 33.2 Å². The zero-order chi connectivity index (χ0) is 15.8. The highest BCUT2D eigenvalue weighted by atomic mass is 32.1. The third-order valence-electron chi connectivity index (χ3n) is 3.53. The lowest BCUT2D eigenvalue weighted by Gasteiger charge is -2.34. The number of carbonyl (C=O) groups is 2. The lowest BCUT2D eigenvalue weighted by atomic mass is 9.81. The molecular formula is C15H17FN2O2S. The van der Waals surface area contributed by atoms with Crippen molar-refractivity contribution in [1.29, 1.82) is 0 Å². The van der Waals surface area contributed by atoms with Crippen molar-refractivity contribution < 1.29 is 14.0 Å². The molecule has 0 aliphatic carbocycles. The Kier molecular flexibility index (Phi) is 4.09. The van der Waals surface area contributed by atoms with Crippen LogP contribution in [0.5, 0.6) is 0 Å². The maximum absolute atomic E-state index is 14.0. The zero-order valence-electron chi connectivity index (χ0n) is 12.0. The molecule has 4 nitrogen and oxygen atoms in total. The first kappa shape index (κ1) is 15.6. The second kappa shape index (κ2) is 5.52. The van der Waals surface area contributed by atoms with Crippen LogP contribution in [-0.4, -0.2) is 21.7 Å². The zero-order valence-corrected chi connectivity index (χ0v) is 12.8. The van der Waals surface area contributed by atoms with Gasteiger partial charge in [0.1, 0.15) is 10.8 Å². The molecule has 2 rings (SSSR count). The van der Waals surface area contributed by atoms with E-state index < -0.39 is 5.82 Å². The number of amides is 2. The van der Waals surface area contributed by atoms with E-state index in [1.54, 1.807) is 6.07 Å². The molecular weight excluding hydrogens is 291 g/mol. The van der Waals surface area contributed by atoms with Gasteiger partial charge < -0.3 is 5.73 Å². The number of hydrogen-bond acceptors (Lipinski definition) is 3. The number of piperidine rings is 1. The number of thiocarbonyl (C=S) groups is 1. The Hall–Kier alpha value is -1.82. The Morgan fingerprint density at radius 3 is 2.38 bits per heavy atom. The minimum atomic E-state index is -0.522. The van der Waals surface area contributed by atoms with E-state index in [1.165, 1.54) is 12.1 Å². The summed E-state index contributed by atoms with van der Waals surface area (Å²) < 4.78 is 14.0. The number of rotatable bonds is 3. The predicted octanol–water partition coefficient (Wildman–Crippen LogP) is 2.14. The van der Waals surface area contributed by atoms with E-state index in [2.05, 4.69) is 0 Å². The van der Waals surface area contributed by atoms with Crippen molar-refractivity contribution in [2.75, 3.05) is 0 Å². The maximum Gasteiger partial charge on any atom is 0.230 e. The number of hydrogen-bond donors (Lipinski definition) is 1. The van der Waals surface area contributed by atoms with Crippen LogP contribution in [0.1, 0.15) is 37.8 Å². The highest BCUT2D eigenvalue weighted by molar-refractivity contribution is 7.80. The van der Waals surface area contributed by atoms with E-state index in [9.17, 15) is 14.0 Å². The molecule has 2 amide bonds. The molecule has 1 aliphatic heterocycles. The molecule has 0 aromatic heterocycles. The summed E-state index contributed by atoms with van der Waals surface area (Å²) in [5.41, 5.74) is 5.80. The molecule has 0 bridgehead atoms. The van der Waals surface area contributed by atoms with Crippen LogP contribution in [0.25, 0.3) is 0 Å². The summed E-state index contributed by atoms with van der Waals surface area (Å²) in [7, 11) is 0. The Labute approximate surface area is 128 Å². The quantitative estimate of drug-likeness (QED) is 0.686. The van der Waals surface area contributed by atoms with Crippen LogP contribution in [0, 0.1) is 11.2 Å². The fraction of sp³-hybridized carbons (Fsp3) is 0.400. The molecule has 0 unspecified atom stereocenters. The number of imide groups is 1. The topological polar surface area (TPSA) is 63.4 Å². The van der Waals surface area contributed by atoms with E-state index >= 15 is 0 Å². The number of carbonyl (C=O) groups excluding carboxylic acids is 2. The molecule has 1 saturated heterocycles. The molecule has 21 heavy (non-hydrogen) atoms. The average Bonchev–Trinajstić information content (AvgIpc) is 2.33. The standard InChI is InChI=1S/C15H17FN2O2S/c1-15(2)6-12(19)18(13(20)7-15)8-10-4-3-9(14(17)21)5-11(10)16/h3-5H,6-8H2,1-2H3,(H2,17,21). The van der Waals surface area contributed by atoms with Gasteiger partial charge in [-0.1, -0.05) is 38.2 Å². The lowest BCUT2D eigenvalue weighted by Crippen LogP contribution is -2.45. The van der Waals surface area contributed by atoms with E-state index in [0.29, 0.717) is 5.56 Å². The van der Waals surface area contributed by atoms with E-state index in [4.69, 9.17) is 18.0 Å². The molecule has 1 fully saturated rings. The van der Waals surface area contributed by atoms with Crippen molar-refractivity contribution in [3.8, 4) is 0 Å². The van der Waals surface area contributed by atoms with Crippen LogP contribution in [0.4, 0.5) is 4.39 Å². The van der Waals surface area contributed by atoms with Crippen molar-refractivity contribution in [3.63, 3.8) is 0 Å². The van der Waals surface area contributed by atoms with Gasteiger partial charge in [0.2, 0.25) is 11.8 Å². The number of likely N-dealkylation sites (tertiary alicyclic amines) is 1. The second-order valence-electron chi connectivity index (χ2n) is 6.06. The van der Waals surface area contributed by atoms with E-state index in [0.717, 1.165) is 4.90 Å². The third-order valence-corrected chi connectivity index (χ3v) is 3.76. The molecule has 1 heterocycles. The van der Waals surface area contributed by atoms with Gasteiger partial charge in [-0.25, -0.2) is 4.39 Å². The summed E-state index contributed by atoms with van der Waals surface area (Å²) >= 11 is 4.78. The minimum Gasteiger partial charge on any atom is -0.389 e. The van der Waals surface area contributed by atoms with Crippen LogP contribution in [0.2, 0.25) is 0 Å². The molecule has 0 saturated carbocycles. The average molecular weight is 308 g/mol. The Balaban J connectivity index is 2.20. The van der Waals surface area contributed by atoms with Crippen LogP contribution >= 0.6 is 12.2 Å². The van der Waals surface area contributed by atoms with Crippen molar-refractivity contribution >= 4 is 29.0 Å². The maximum atomic E-state index is 14.0. The molecule has 2 N–H and O–H groups in total. The van der Waals surface area contributed by atoms with Gasteiger partial charge in [-0.2, -0.15) is 0 Å². The lowest BCUT2D eigenvalue weighted by molar-refractivity contribution is -0.153. The van der Waals surface area contributed by atoms with Crippen LogP contribution in [0.15, 0.2) is 18.2 Å². The molecule has 1 aliphatic rings. The predicted molar refractivity (Wildman–Crippen MR) is 80.9 cm³/mol. The first-order chi connectivity index (χ1) is 9.69. The van der Waals surface area contributed by atoms with E-state index in [1.807, 2.05) is 13.8 Å². The molecule has 0 atom stereocenters. The highest BCUT2D eigenvalue weighted by Crippen LogP contribution is 2.32. The summed E-state index contributed by atoms with van der Waals surface area (Å²) in [5, 5.41) is 0. The number of benzene rings is 1. The fourth-order valence-electron chi connectivity index (χ4n) is 2.39. The Morgan fingerprint density at radius 2 is 1.90 bits per heavy atom. The fourth-order valence-corrected chi connectivity index (χ4v) is 2.51. The smallest absolute Gasteiger partial charge is 0.230 e. The number of nitrogens with zero attached hydrogens (tertiary/aromatic N) is 1. The van der Waals surface area contributed by atoms with Gasteiger partial charge >= 0.3 is 0 Å². The number of nitrogens with two attached hydrogens (primary N) is 1. The normalized spacial score (nSPS) is 18.0. The third kappa shape index (κ3) is 3.44. The highest BCUT2D eigenvalue weighted by Gasteiger charge is 2.37. The minimum absolute atomic E-state index is 0.0583. The SMILES string of the molecule is CC1(C)CC(=O)N(Cc2ccc(C(N)=S)cc2F)C(=O)C1. The molecule has 112 valence electrons. The van der Waals surface area contributed by atoms with Gasteiger partial charge in [0.15, 0.2) is 0 Å². The Bertz CT molecular complexity index is 608. The Morgan fingerprint density at radius 1 is 1.33 bits per heavy atom.